The fourth-order valence-electron chi connectivity index (χ4n) is 3.46. The Hall–Kier alpha value is -2.85. The second-order valence-corrected chi connectivity index (χ2v) is 10.0. The summed E-state index contributed by atoms with van der Waals surface area (Å²) in [5, 5.41) is 1.59. The third kappa shape index (κ3) is 4.44. The molecule has 1 fully saturated rings. The van der Waals surface area contributed by atoms with Gasteiger partial charge in [-0.1, -0.05) is 76.3 Å². The zero-order valence-electron chi connectivity index (χ0n) is 17.0. The Morgan fingerprint density at radius 3 is 2.79 bits per heavy atom. The van der Waals surface area contributed by atoms with Crippen LogP contribution in [-0.2, 0) is 4.79 Å². The average molecular weight is 573 g/mol. The van der Waals surface area contributed by atoms with E-state index in [9.17, 15) is 9.18 Å². The number of benzene rings is 3. The van der Waals surface area contributed by atoms with Crippen molar-refractivity contribution in [2.24, 2.45) is 0 Å². The largest absolute Gasteiger partial charge is 0.436 e. The van der Waals surface area contributed by atoms with Crippen LogP contribution >= 0.6 is 51.5 Å². The third-order valence-corrected chi connectivity index (χ3v) is 6.93. The number of hydrogen-bond donors (Lipinski definition) is 0. The minimum Gasteiger partial charge on any atom is -0.436 e. The molecule has 4 aromatic rings. The lowest BCUT2D eigenvalue weighted by molar-refractivity contribution is -0.113. The van der Waals surface area contributed by atoms with Crippen LogP contribution in [0.25, 0.3) is 16.8 Å². The SMILES string of the molecule is O=C1/C(=C\c2c(Oc3nc(Cl)ncc3F)ccc3ccccc23)SC(=S)N1c1cccc(Br)c1. The molecule has 0 aliphatic carbocycles. The molecule has 0 spiro atoms. The van der Waals surface area contributed by atoms with E-state index in [-0.39, 0.29) is 17.1 Å². The van der Waals surface area contributed by atoms with Gasteiger partial charge in [-0.2, -0.15) is 9.37 Å². The number of nitrogens with zero attached hydrogens (tertiary/aromatic N) is 3. The molecule has 10 heteroatoms. The first kappa shape index (κ1) is 22.9. The van der Waals surface area contributed by atoms with Crippen molar-refractivity contribution in [3.63, 3.8) is 0 Å². The van der Waals surface area contributed by atoms with Crippen LogP contribution in [0.2, 0.25) is 5.28 Å². The van der Waals surface area contributed by atoms with Gasteiger partial charge in [-0.25, -0.2) is 4.98 Å². The minimum absolute atomic E-state index is 0.145. The lowest BCUT2D eigenvalue weighted by Gasteiger charge is -2.15. The zero-order valence-corrected chi connectivity index (χ0v) is 21.0. The molecule has 0 bridgehead atoms. The summed E-state index contributed by atoms with van der Waals surface area (Å²) in [5.41, 5.74) is 1.24. The topological polar surface area (TPSA) is 55.3 Å². The number of carbonyl (C=O) groups is 1. The smallest absolute Gasteiger partial charge is 0.270 e. The van der Waals surface area contributed by atoms with E-state index in [1.807, 2.05) is 54.6 Å². The summed E-state index contributed by atoms with van der Waals surface area (Å²) in [6.45, 7) is 0. The molecule has 0 saturated carbocycles. The molecule has 5 rings (SSSR count). The van der Waals surface area contributed by atoms with Crippen LogP contribution in [0.3, 0.4) is 0 Å². The van der Waals surface area contributed by atoms with Gasteiger partial charge in [0.15, 0.2) is 4.32 Å². The van der Waals surface area contributed by atoms with Crippen LogP contribution in [0.5, 0.6) is 11.6 Å². The molecule has 0 radical (unpaired) electrons. The first-order valence-corrected chi connectivity index (χ1v) is 12.2. The number of amides is 1. The molecular formula is C24H12BrClFN3O2S2. The number of aromatic nitrogens is 2. The molecule has 3 aromatic carbocycles. The molecule has 1 aliphatic heterocycles. The summed E-state index contributed by atoms with van der Waals surface area (Å²) >= 11 is 15.9. The summed E-state index contributed by atoms with van der Waals surface area (Å²) in [7, 11) is 0. The number of rotatable bonds is 4. The number of anilines is 1. The molecule has 0 N–H and O–H groups in total. The van der Waals surface area contributed by atoms with Crippen LogP contribution in [0.1, 0.15) is 5.56 Å². The van der Waals surface area contributed by atoms with E-state index in [1.54, 1.807) is 12.1 Å². The number of ether oxygens (including phenoxy) is 1. The zero-order chi connectivity index (χ0) is 23.8. The maximum absolute atomic E-state index is 14.3. The lowest BCUT2D eigenvalue weighted by Crippen LogP contribution is -2.27. The minimum atomic E-state index is -0.760. The summed E-state index contributed by atoms with van der Waals surface area (Å²) in [4.78, 5) is 22.7. The van der Waals surface area contributed by atoms with Crippen LogP contribution < -0.4 is 9.64 Å². The van der Waals surface area contributed by atoms with Crippen molar-refractivity contribution in [3.8, 4) is 11.6 Å². The lowest BCUT2D eigenvalue weighted by atomic mass is 10.0. The van der Waals surface area contributed by atoms with Crippen molar-refractivity contribution >= 4 is 84.3 Å². The summed E-state index contributed by atoms with van der Waals surface area (Å²) in [6, 6.07) is 18.5. The number of thioether (sulfide) groups is 1. The maximum atomic E-state index is 14.3. The van der Waals surface area contributed by atoms with Crippen LogP contribution in [0.15, 0.2) is 76.2 Å². The van der Waals surface area contributed by atoms with Crippen molar-refractivity contribution in [1.82, 2.24) is 9.97 Å². The first-order valence-electron chi connectivity index (χ1n) is 9.82. The van der Waals surface area contributed by atoms with Gasteiger partial charge >= 0.3 is 0 Å². The highest BCUT2D eigenvalue weighted by Gasteiger charge is 2.33. The second-order valence-electron chi connectivity index (χ2n) is 7.09. The normalized spacial score (nSPS) is 14.9. The second kappa shape index (κ2) is 9.42. The van der Waals surface area contributed by atoms with Gasteiger partial charge in [0.2, 0.25) is 11.1 Å². The van der Waals surface area contributed by atoms with Crippen molar-refractivity contribution < 1.29 is 13.9 Å². The fraction of sp³-hybridized carbons (Fsp3) is 0. The van der Waals surface area contributed by atoms with Crippen molar-refractivity contribution in [3.05, 3.63) is 92.9 Å². The molecule has 2 heterocycles. The van der Waals surface area contributed by atoms with Crippen molar-refractivity contribution in [1.29, 1.82) is 0 Å². The maximum Gasteiger partial charge on any atom is 0.270 e. The molecule has 0 unspecified atom stereocenters. The fourth-order valence-corrected chi connectivity index (χ4v) is 5.25. The Morgan fingerprint density at radius 2 is 1.97 bits per heavy atom. The molecule has 1 saturated heterocycles. The highest BCUT2D eigenvalue weighted by Crippen LogP contribution is 2.40. The van der Waals surface area contributed by atoms with Crippen molar-refractivity contribution in [2.75, 3.05) is 4.90 Å². The standard InChI is InChI=1S/C24H12BrClFN3O2S2/c25-14-5-3-6-15(10-14)30-22(31)20(34-24(30)33)11-17-16-7-2-1-4-13(16)8-9-19(17)32-21-18(27)12-28-23(26)29-21/h1-12H/b20-11+. The van der Waals surface area contributed by atoms with Gasteiger partial charge in [0.1, 0.15) is 5.75 Å². The van der Waals surface area contributed by atoms with E-state index in [0.29, 0.717) is 26.2 Å². The molecule has 1 aromatic heterocycles. The van der Waals surface area contributed by atoms with E-state index in [1.165, 1.54) is 16.7 Å². The Kier molecular flexibility index (Phi) is 6.35. The van der Waals surface area contributed by atoms with Gasteiger partial charge in [-0.05, 0) is 52.7 Å². The van der Waals surface area contributed by atoms with E-state index < -0.39 is 5.82 Å². The molecule has 0 atom stereocenters. The number of halogens is 3. The van der Waals surface area contributed by atoms with Gasteiger partial charge in [0.25, 0.3) is 11.8 Å². The predicted molar refractivity (Wildman–Crippen MR) is 141 cm³/mol. The van der Waals surface area contributed by atoms with E-state index >= 15 is 0 Å². The molecule has 34 heavy (non-hydrogen) atoms. The van der Waals surface area contributed by atoms with E-state index in [0.717, 1.165) is 21.4 Å². The Bertz CT molecular complexity index is 1520. The van der Waals surface area contributed by atoms with Gasteiger partial charge in [-0.15, -0.1) is 0 Å². The number of carbonyl (C=O) groups excluding carboxylic acids is 1. The van der Waals surface area contributed by atoms with Gasteiger partial charge in [0.05, 0.1) is 16.8 Å². The average Bonchev–Trinajstić information content (AvgIpc) is 3.10. The molecular weight excluding hydrogens is 561 g/mol. The highest BCUT2D eigenvalue weighted by molar-refractivity contribution is 9.10. The summed E-state index contributed by atoms with van der Waals surface area (Å²) in [6.07, 6.45) is 2.64. The Balaban J connectivity index is 1.61. The predicted octanol–water partition coefficient (Wildman–Crippen LogP) is 7.38. The summed E-state index contributed by atoms with van der Waals surface area (Å²) < 4.78 is 21.3. The quantitative estimate of drug-likeness (QED) is 0.144. The number of hydrogen-bond acceptors (Lipinski definition) is 6. The molecule has 168 valence electrons. The van der Waals surface area contributed by atoms with Gasteiger partial charge in [0, 0.05) is 10.0 Å². The molecule has 1 amide bonds. The number of fused-ring (bicyclic) bond motifs is 1. The van der Waals surface area contributed by atoms with Crippen LogP contribution in [-0.4, -0.2) is 20.2 Å². The first-order chi connectivity index (χ1) is 16.4. The van der Waals surface area contributed by atoms with E-state index in [2.05, 4.69) is 25.9 Å². The van der Waals surface area contributed by atoms with Crippen LogP contribution in [0, 0.1) is 5.82 Å². The highest BCUT2D eigenvalue weighted by atomic mass is 79.9. The molecule has 1 aliphatic rings. The Morgan fingerprint density at radius 1 is 1.15 bits per heavy atom. The van der Waals surface area contributed by atoms with Gasteiger partial charge < -0.3 is 4.74 Å². The van der Waals surface area contributed by atoms with E-state index in [4.69, 9.17) is 28.6 Å². The Labute approximate surface area is 216 Å². The molecule has 5 nitrogen and oxygen atoms in total. The number of thiocarbonyl (C=S) groups is 1. The third-order valence-electron chi connectivity index (χ3n) is 4.96. The van der Waals surface area contributed by atoms with Crippen molar-refractivity contribution in [2.45, 2.75) is 0 Å². The monoisotopic (exact) mass is 571 g/mol. The van der Waals surface area contributed by atoms with Crippen LogP contribution in [0.4, 0.5) is 10.1 Å². The van der Waals surface area contributed by atoms with Gasteiger partial charge in [-0.3, -0.25) is 9.69 Å². The summed E-state index contributed by atoms with van der Waals surface area (Å²) in [5.74, 6) is -1.03.